The van der Waals surface area contributed by atoms with Crippen LogP contribution in [0.3, 0.4) is 0 Å². The first-order valence-corrected chi connectivity index (χ1v) is 10.7. The molecule has 1 fully saturated rings. The third-order valence-corrected chi connectivity index (χ3v) is 6.07. The first-order chi connectivity index (χ1) is 15.7. The highest BCUT2D eigenvalue weighted by Gasteiger charge is 2.47. The van der Waals surface area contributed by atoms with E-state index < -0.39 is 29.3 Å². The van der Waals surface area contributed by atoms with Crippen LogP contribution in [0.1, 0.15) is 17.2 Å². The average Bonchev–Trinajstić information content (AvgIpc) is 3.06. The van der Waals surface area contributed by atoms with Gasteiger partial charge in [-0.3, -0.25) is 14.5 Å². The number of methoxy groups -OCH3 is 1. The van der Waals surface area contributed by atoms with Crippen molar-refractivity contribution in [1.29, 1.82) is 0 Å². The van der Waals surface area contributed by atoms with Gasteiger partial charge in [-0.1, -0.05) is 46.9 Å². The number of aliphatic hydroxyl groups excluding tert-OH is 1. The molecule has 1 amide bonds. The molecule has 0 radical (unpaired) electrons. The van der Waals surface area contributed by atoms with Gasteiger partial charge in [-0.25, -0.2) is 4.39 Å². The molecule has 0 aromatic heterocycles. The highest BCUT2D eigenvalue weighted by atomic mass is 35.5. The first kappa shape index (κ1) is 23.1. The van der Waals surface area contributed by atoms with Crippen molar-refractivity contribution in [1.82, 2.24) is 0 Å². The lowest BCUT2D eigenvalue weighted by Gasteiger charge is -2.25. The average molecular weight is 507 g/mol. The van der Waals surface area contributed by atoms with Crippen LogP contribution in [0, 0.1) is 5.82 Å². The van der Waals surface area contributed by atoms with E-state index in [4.69, 9.17) is 39.5 Å². The quantitative estimate of drug-likeness (QED) is 0.252. The second-order valence-electron chi connectivity index (χ2n) is 7.17. The summed E-state index contributed by atoms with van der Waals surface area (Å²) in [7, 11) is 1.45. The molecule has 3 aromatic carbocycles. The predicted molar refractivity (Wildman–Crippen MR) is 126 cm³/mol. The van der Waals surface area contributed by atoms with Crippen molar-refractivity contribution in [3.63, 3.8) is 0 Å². The number of hydrogen-bond donors (Lipinski definition) is 1. The van der Waals surface area contributed by atoms with Crippen molar-refractivity contribution < 1.29 is 23.8 Å². The van der Waals surface area contributed by atoms with Gasteiger partial charge in [0.25, 0.3) is 11.7 Å². The lowest BCUT2D eigenvalue weighted by Crippen LogP contribution is -2.29. The maximum absolute atomic E-state index is 13.8. The minimum absolute atomic E-state index is 0.163. The van der Waals surface area contributed by atoms with Gasteiger partial charge in [0.1, 0.15) is 17.3 Å². The van der Waals surface area contributed by atoms with Crippen molar-refractivity contribution in [2.45, 2.75) is 6.04 Å². The number of halogens is 4. The molecule has 4 rings (SSSR count). The topological polar surface area (TPSA) is 66.8 Å². The Labute approximate surface area is 203 Å². The molecule has 1 atom stereocenters. The van der Waals surface area contributed by atoms with Crippen LogP contribution in [0.5, 0.6) is 5.75 Å². The molecule has 168 valence electrons. The molecule has 0 spiro atoms. The molecule has 3 aromatic rings. The fourth-order valence-corrected chi connectivity index (χ4v) is 4.22. The van der Waals surface area contributed by atoms with E-state index >= 15 is 0 Å². The third kappa shape index (κ3) is 4.17. The summed E-state index contributed by atoms with van der Waals surface area (Å²) in [5.41, 5.74) is 0.745. The van der Waals surface area contributed by atoms with E-state index in [1.807, 2.05) is 0 Å². The Kier molecular flexibility index (Phi) is 6.34. The lowest BCUT2D eigenvalue weighted by atomic mass is 9.95. The van der Waals surface area contributed by atoms with Crippen molar-refractivity contribution in [2.24, 2.45) is 0 Å². The van der Waals surface area contributed by atoms with E-state index in [1.54, 1.807) is 24.3 Å². The molecular formula is C24H15Cl3FNO4. The van der Waals surface area contributed by atoms with Crippen LogP contribution in [0.15, 0.2) is 66.2 Å². The molecule has 1 N–H and O–H groups in total. The summed E-state index contributed by atoms with van der Waals surface area (Å²) in [6.45, 7) is 0. The number of nitrogens with zero attached hydrogens (tertiary/aromatic N) is 1. The number of ketones is 1. The van der Waals surface area contributed by atoms with E-state index in [1.165, 1.54) is 37.4 Å². The Hall–Kier alpha value is -3.06. The zero-order valence-electron chi connectivity index (χ0n) is 17.0. The molecule has 9 heteroatoms. The Morgan fingerprint density at radius 3 is 2.27 bits per heavy atom. The number of benzene rings is 3. The molecule has 0 saturated carbocycles. The molecule has 0 bridgehead atoms. The number of rotatable bonds is 4. The molecule has 1 saturated heterocycles. The van der Waals surface area contributed by atoms with Crippen LogP contribution < -0.4 is 9.64 Å². The summed E-state index contributed by atoms with van der Waals surface area (Å²) in [5.74, 6) is -2.54. The standard InChI is InChI=1S/C24H15Cl3FNO4/c1-33-19-9-4-13(10-17(19)27)22(30)20-21(12-2-5-14(25)6-3-12)29(24(32)23(20)31)15-7-8-18(28)16(26)11-15/h2-11,21,30H,1H3/b22-20+. The molecule has 1 aliphatic heterocycles. The number of carbonyl (C=O) groups is 2. The zero-order valence-corrected chi connectivity index (χ0v) is 19.2. The van der Waals surface area contributed by atoms with Crippen LogP contribution >= 0.6 is 34.8 Å². The largest absolute Gasteiger partial charge is 0.507 e. The number of anilines is 1. The van der Waals surface area contributed by atoms with Gasteiger partial charge in [0, 0.05) is 16.3 Å². The minimum atomic E-state index is -1.02. The van der Waals surface area contributed by atoms with Crippen molar-refractivity contribution in [3.05, 3.63) is 98.2 Å². The van der Waals surface area contributed by atoms with Gasteiger partial charge in [0.2, 0.25) is 0 Å². The maximum atomic E-state index is 13.8. The summed E-state index contributed by atoms with van der Waals surface area (Å²) in [5, 5.41) is 11.6. The molecule has 0 aliphatic carbocycles. The normalized spacial score (nSPS) is 17.5. The molecule has 1 unspecified atom stereocenters. The second kappa shape index (κ2) is 9.06. The van der Waals surface area contributed by atoms with Gasteiger partial charge in [-0.15, -0.1) is 0 Å². The summed E-state index contributed by atoms with van der Waals surface area (Å²) in [4.78, 5) is 27.4. The Balaban J connectivity index is 1.94. The Morgan fingerprint density at radius 1 is 0.970 bits per heavy atom. The van der Waals surface area contributed by atoms with Crippen molar-refractivity contribution in [3.8, 4) is 5.75 Å². The van der Waals surface area contributed by atoms with E-state index in [0.29, 0.717) is 16.3 Å². The monoisotopic (exact) mass is 505 g/mol. The van der Waals surface area contributed by atoms with Crippen LogP contribution in [0.4, 0.5) is 10.1 Å². The molecule has 33 heavy (non-hydrogen) atoms. The maximum Gasteiger partial charge on any atom is 0.300 e. The molecule has 1 heterocycles. The Morgan fingerprint density at radius 2 is 1.67 bits per heavy atom. The van der Waals surface area contributed by atoms with Gasteiger partial charge >= 0.3 is 0 Å². The van der Waals surface area contributed by atoms with Gasteiger partial charge in [0.05, 0.1) is 28.8 Å². The summed E-state index contributed by atoms with van der Waals surface area (Å²) in [6, 6.07) is 13.6. The summed E-state index contributed by atoms with van der Waals surface area (Å²) >= 11 is 18.1. The van der Waals surface area contributed by atoms with E-state index in [2.05, 4.69) is 0 Å². The minimum Gasteiger partial charge on any atom is -0.507 e. The second-order valence-corrected chi connectivity index (χ2v) is 8.42. The van der Waals surface area contributed by atoms with Crippen LogP contribution in [0.2, 0.25) is 15.1 Å². The summed E-state index contributed by atoms with van der Waals surface area (Å²) in [6.07, 6.45) is 0. The van der Waals surface area contributed by atoms with Gasteiger partial charge in [-0.05, 0) is 54.1 Å². The fourth-order valence-electron chi connectivity index (χ4n) is 3.66. The number of amides is 1. The number of hydrogen-bond acceptors (Lipinski definition) is 4. The van der Waals surface area contributed by atoms with Gasteiger partial charge in [-0.2, -0.15) is 0 Å². The molecule has 1 aliphatic rings. The van der Waals surface area contributed by atoms with Crippen LogP contribution in [-0.2, 0) is 9.59 Å². The SMILES string of the molecule is COc1ccc(/C(O)=C2\C(=O)C(=O)N(c3ccc(F)c(Cl)c3)C2c2ccc(Cl)cc2)cc1Cl. The number of Topliss-reactive ketones (excluding diaryl/α,β-unsaturated/α-hetero) is 1. The highest BCUT2D eigenvalue weighted by molar-refractivity contribution is 6.52. The van der Waals surface area contributed by atoms with E-state index in [9.17, 15) is 19.1 Å². The van der Waals surface area contributed by atoms with Crippen LogP contribution in [0.25, 0.3) is 5.76 Å². The van der Waals surface area contributed by atoms with E-state index in [0.717, 1.165) is 11.0 Å². The molecule has 5 nitrogen and oxygen atoms in total. The third-order valence-electron chi connectivity index (χ3n) is 5.24. The highest BCUT2D eigenvalue weighted by Crippen LogP contribution is 2.43. The van der Waals surface area contributed by atoms with Crippen molar-refractivity contribution >= 4 is 57.9 Å². The van der Waals surface area contributed by atoms with Gasteiger partial charge < -0.3 is 9.84 Å². The van der Waals surface area contributed by atoms with E-state index in [-0.39, 0.29) is 26.9 Å². The van der Waals surface area contributed by atoms with Crippen LogP contribution in [-0.4, -0.2) is 23.9 Å². The van der Waals surface area contributed by atoms with Gasteiger partial charge in [0.15, 0.2) is 0 Å². The number of carbonyl (C=O) groups excluding carboxylic acids is 2. The number of aliphatic hydroxyl groups is 1. The number of ether oxygens (including phenoxy) is 1. The predicted octanol–water partition coefficient (Wildman–Crippen LogP) is 6.42. The smallest absolute Gasteiger partial charge is 0.300 e. The molecular weight excluding hydrogens is 492 g/mol. The summed E-state index contributed by atoms with van der Waals surface area (Å²) < 4.78 is 18.9. The Bertz CT molecular complexity index is 1310. The fraction of sp³-hybridized carbons (Fsp3) is 0.0833. The lowest BCUT2D eigenvalue weighted by molar-refractivity contribution is -0.132. The zero-order chi connectivity index (χ0) is 23.9. The van der Waals surface area contributed by atoms with Crippen molar-refractivity contribution in [2.75, 3.05) is 12.0 Å². The first-order valence-electron chi connectivity index (χ1n) is 9.58.